The van der Waals surface area contributed by atoms with E-state index in [1.54, 1.807) is 0 Å². The molecule has 1 amide bonds. The van der Waals surface area contributed by atoms with Crippen molar-refractivity contribution in [1.82, 2.24) is 25.0 Å². The van der Waals surface area contributed by atoms with Crippen LogP contribution in [0.3, 0.4) is 0 Å². The Bertz CT molecular complexity index is 1000. The van der Waals surface area contributed by atoms with Crippen LogP contribution in [-0.2, 0) is 11.8 Å². The van der Waals surface area contributed by atoms with Crippen molar-refractivity contribution in [3.63, 3.8) is 0 Å². The zero-order chi connectivity index (χ0) is 19.0. The summed E-state index contributed by atoms with van der Waals surface area (Å²) in [5, 5.41) is 20.6. The van der Waals surface area contributed by atoms with Gasteiger partial charge in [0.15, 0.2) is 22.5 Å². The van der Waals surface area contributed by atoms with E-state index in [1.807, 2.05) is 43.7 Å². The maximum absolute atomic E-state index is 12.4. The van der Waals surface area contributed by atoms with Gasteiger partial charge in [0, 0.05) is 12.6 Å². The Balaban J connectivity index is 1.48. The van der Waals surface area contributed by atoms with Gasteiger partial charge < -0.3 is 14.0 Å². The number of nitrogens with one attached hydrogen (secondary N) is 1. The SMILES string of the molecule is Cc1nnc(NC(=O)[C@@H](C)Sc2nnc(-c3ccc4c(c3)OCO4)n2C)s1. The second kappa shape index (κ2) is 7.16. The van der Waals surface area contributed by atoms with Gasteiger partial charge in [-0.3, -0.25) is 10.1 Å². The van der Waals surface area contributed by atoms with Crippen LogP contribution in [0.1, 0.15) is 11.9 Å². The second-order valence-electron chi connectivity index (χ2n) is 5.81. The Morgan fingerprint density at radius 2 is 2.07 bits per heavy atom. The molecule has 0 unspecified atom stereocenters. The fourth-order valence-corrected chi connectivity index (χ4v) is 3.88. The van der Waals surface area contributed by atoms with Crippen molar-refractivity contribution in [3.05, 3.63) is 23.2 Å². The van der Waals surface area contributed by atoms with Crippen molar-refractivity contribution in [2.75, 3.05) is 12.1 Å². The van der Waals surface area contributed by atoms with Crippen LogP contribution in [0.2, 0.25) is 0 Å². The molecule has 1 N–H and O–H groups in total. The van der Waals surface area contributed by atoms with E-state index in [4.69, 9.17) is 9.47 Å². The van der Waals surface area contributed by atoms with Crippen LogP contribution >= 0.6 is 23.1 Å². The van der Waals surface area contributed by atoms with E-state index in [9.17, 15) is 4.79 Å². The van der Waals surface area contributed by atoms with Crippen molar-refractivity contribution in [2.24, 2.45) is 7.05 Å². The standard InChI is InChI=1S/C16H16N6O3S2/c1-8(14(23)17-15-20-18-9(2)27-15)26-16-21-19-13(22(16)3)10-4-5-11-12(6-10)25-7-24-11/h4-6,8H,7H2,1-3H3,(H,17,20,23)/t8-/m1/s1. The first-order valence-electron chi connectivity index (χ1n) is 8.08. The van der Waals surface area contributed by atoms with Crippen LogP contribution in [0, 0.1) is 6.92 Å². The monoisotopic (exact) mass is 404 g/mol. The molecule has 140 valence electrons. The maximum Gasteiger partial charge on any atom is 0.239 e. The third-order valence-electron chi connectivity index (χ3n) is 3.87. The number of carbonyl (C=O) groups is 1. The van der Waals surface area contributed by atoms with E-state index >= 15 is 0 Å². The van der Waals surface area contributed by atoms with E-state index in [-0.39, 0.29) is 18.0 Å². The highest BCUT2D eigenvalue weighted by Gasteiger charge is 2.21. The minimum absolute atomic E-state index is 0.163. The lowest BCUT2D eigenvalue weighted by atomic mass is 10.2. The number of fused-ring (bicyclic) bond motifs is 1. The minimum atomic E-state index is -0.373. The summed E-state index contributed by atoms with van der Waals surface area (Å²) in [5.74, 6) is 1.92. The Kier molecular flexibility index (Phi) is 4.70. The molecule has 2 aromatic heterocycles. The lowest BCUT2D eigenvalue weighted by Gasteiger charge is -2.10. The van der Waals surface area contributed by atoms with Gasteiger partial charge >= 0.3 is 0 Å². The first kappa shape index (κ1) is 17.7. The zero-order valence-corrected chi connectivity index (χ0v) is 16.4. The van der Waals surface area contributed by atoms with Crippen molar-refractivity contribution in [1.29, 1.82) is 0 Å². The first-order chi connectivity index (χ1) is 13.0. The van der Waals surface area contributed by atoms with Gasteiger partial charge in [0.2, 0.25) is 17.8 Å². The number of aromatic nitrogens is 5. The molecule has 1 aliphatic heterocycles. The topological polar surface area (TPSA) is 104 Å². The number of hydrogen-bond donors (Lipinski definition) is 1. The number of carbonyl (C=O) groups excluding carboxylic acids is 1. The summed E-state index contributed by atoms with van der Waals surface area (Å²) >= 11 is 2.66. The van der Waals surface area contributed by atoms with Crippen LogP contribution in [0.25, 0.3) is 11.4 Å². The smallest absolute Gasteiger partial charge is 0.239 e. The molecule has 0 fully saturated rings. The van der Waals surface area contributed by atoms with Crippen molar-refractivity contribution in [2.45, 2.75) is 24.3 Å². The molecule has 0 spiro atoms. The number of rotatable bonds is 5. The van der Waals surface area contributed by atoms with Crippen LogP contribution in [0.15, 0.2) is 23.4 Å². The lowest BCUT2D eigenvalue weighted by molar-refractivity contribution is -0.115. The highest BCUT2D eigenvalue weighted by atomic mass is 32.2. The number of benzene rings is 1. The lowest BCUT2D eigenvalue weighted by Crippen LogP contribution is -2.22. The molecule has 0 saturated carbocycles. The van der Waals surface area contributed by atoms with Gasteiger partial charge in [-0.1, -0.05) is 23.1 Å². The molecule has 1 aromatic carbocycles. The van der Waals surface area contributed by atoms with Gasteiger partial charge in [-0.2, -0.15) is 0 Å². The van der Waals surface area contributed by atoms with Gasteiger partial charge in [-0.25, -0.2) is 0 Å². The number of nitrogens with zero attached hydrogens (tertiary/aromatic N) is 5. The van der Waals surface area contributed by atoms with Crippen molar-refractivity contribution >= 4 is 34.1 Å². The summed E-state index contributed by atoms with van der Waals surface area (Å²) in [7, 11) is 1.86. The number of amides is 1. The molecule has 11 heteroatoms. The molecule has 0 bridgehead atoms. The molecule has 0 radical (unpaired) electrons. The summed E-state index contributed by atoms with van der Waals surface area (Å²) in [4.78, 5) is 12.4. The number of ether oxygens (including phenoxy) is 2. The van der Waals surface area contributed by atoms with Gasteiger partial charge in [0.1, 0.15) is 5.01 Å². The molecule has 3 aromatic rings. The van der Waals surface area contributed by atoms with Gasteiger partial charge in [-0.15, -0.1) is 20.4 Å². The molecule has 1 atom stereocenters. The van der Waals surface area contributed by atoms with Crippen molar-refractivity contribution in [3.8, 4) is 22.9 Å². The molecule has 9 nitrogen and oxygen atoms in total. The number of aryl methyl sites for hydroxylation is 1. The highest BCUT2D eigenvalue weighted by molar-refractivity contribution is 8.00. The first-order valence-corrected chi connectivity index (χ1v) is 9.78. The number of thioether (sulfide) groups is 1. The maximum atomic E-state index is 12.4. The Morgan fingerprint density at radius 1 is 1.26 bits per heavy atom. The normalized spacial score (nSPS) is 13.6. The minimum Gasteiger partial charge on any atom is -0.454 e. The van der Waals surface area contributed by atoms with Gasteiger partial charge in [0.25, 0.3) is 0 Å². The van der Waals surface area contributed by atoms with E-state index < -0.39 is 0 Å². The number of hydrogen-bond acceptors (Lipinski definition) is 9. The fourth-order valence-electron chi connectivity index (χ4n) is 2.47. The summed E-state index contributed by atoms with van der Waals surface area (Å²) in [5.41, 5.74) is 0.863. The van der Waals surface area contributed by atoms with Gasteiger partial charge in [0.05, 0.1) is 5.25 Å². The highest BCUT2D eigenvalue weighted by Crippen LogP contribution is 2.36. The molecule has 3 heterocycles. The molecular weight excluding hydrogens is 388 g/mol. The Morgan fingerprint density at radius 3 is 2.85 bits per heavy atom. The summed E-state index contributed by atoms with van der Waals surface area (Å²) in [6.07, 6.45) is 0. The number of anilines is 1. The van der Waals surface area contributed by atoms with E-state index in [0.29, 0.717) is 27.6 Å². The van der Waals surface area contributed by atoms with Crippen LogP contribution in [0.5, 0.6) is 11.5 Å². The van der Waals surface area contributed by atoms with Crippen LogP contribution in [-0.4, -0.2) is 42.9 Å². The quantitative estimate of drug-likeness (QED) is 0.647. The molecule has 0 saturated heterocycles. The predicted octanol–water partition coefficient (Wildman–Crippen LogP) is 2.49. The summed E-state index contributed by atoms with van der Waals surface area (Å²) in [6, 6.07) is 5.62. The largest absolute Gasteiger partial charge is 0.454 e. The third kappa shape index (κ3) is 3.60. The second-order valence-corrected chi connectivity index (χ2v) is 8.30. The van der Waals surface area contributed by atoms with Crippen LogP contribution in [0.4, 0.5) is 5.13 Å². The molecule has 4 rings (SSSR count). The van der Waals surface area contributed by atoms with E-state index in [2.05, 4.69) is 25.7 Å². The Labute approximate surface area is 163 Å². The van der Waals surface area contributed by atoms with Crippen molar-refractivity contribution < 1.29 is 14.3 Å². The zero-order valence-electron chi connectivity index (χ0n) is 14.8. The molecule has 0 aliphatic carbocycles. The predicted molar refractivity (Wildman–Crippen MR) is 101 cm³/mol. The average molecular weight is 404 g/mol. The van der Waals surface area contributed by atoms with Crippen LogP contribution < -0.4 is 14.8 Å². The average Bonchev–Trinajstić information content (AvgIpc) is 3.36. The molecular formula is C16H16N6O3S2. The summed E-state index contributed by atoms with van der Waals surface area (Å²) in [6.45, 7) is 3.87. The van der Waals surface area contributed by atoms with Gasteiger partial charge in [-0.05, 0) is 32.0 Å². The summed E-state index contributed by atoms with van der Waals surface area (Å²) < 4.78 is 12.6. The van der Waals surface area contributed by atoms with E-state index in [0.717, 1.165) is 10.6 Å². The molecule has 1 aliphatic rings. The third-order valence-corrected chi connectivity index (χ3v) is 5.76. The Hall–Kier alpha value is -2.66. The van der Waals surface area contributed by atoms with E-state index in [1.165, 1.54) is 23.1 Å². The fraction of sp³-hybridized carbons (Fsp3) is 0.312. The molecule has 27 heavy (non-hydrogen) atoms.